The third kappa shape index (κ3) is 4.64. The molecule has 2 aromatic heterocycles. The van der Waals surface area contributed by atoms with Crippen molar-refractivity contribution in [1.29, 1.82) is 0 Å². The van der Waals surface area contributed by atoms with Gasteiger partial charge in [-0.1, -0.05) is 12.1 Å². The first kappa shape index (κ1) is 21.3. The van der Waals surface area contributed by atoms with Gasteiger partial charge in [-0.15, -0.1) is 0 Å². The number of aromatic nitrogens is 4. The van der Waals surface area contributed by atoms with Crippen LogP contribution in [-0.4, -0.2) is 43.4 Å². The van der Waals surface area contributed by atoms with Gasteiger partial charge in [0, 0.05) is 36.9 Å². The first-order valence-corrected chi connectivity index (χ1v) is 11.4. The van der Waals surface area contributed by atoms with Gasteiger partial charge >= 0.3 is 0 Å². The summed E-state index contributed by atoms with van der Waals surface area (Å²) in [6.07, 6.45) is 5.61. The van der Waals surface area contributed by atoms with Crippen LogP contribution in [0, 0.1) is 19.8 Å². The number of anilines is 1. The normalized spacial score (nSPS) is 16.7. The van der Waals surface area contributed by atoms with Crippen LogP contribution < -0.4 is 5.32 Å². The highest BCUT2D eigenvalue weighted by molar-refractivity contribution is 5.92. The maximum atomic E-state index is 13.0. The molecule has 1 saturated heterocycles. The molecule has 1 aliphatic heterocycles. The summed E-state index contributed by atoms with van der Waals surface area (Å²) in [7, 11) is 0. The molecule has 0 spiro atoms. The topological polar surface area (TPSA) is 75.9 Å². The highest BCUT2D eigenvalue weighted by Crippen LogP contribution is 2.22. The van der Waals surface area contributed by atoms with Gasteiger partial charge in [0.05, 0.1) is 28.3 Å². The van der Waals surface area contributed by atoms with Crippen molar-refractivity contribution in [3.8, 4) is 5.69 Å². The van der Waals surface area contributed by atoms with Gasteiger partial charge in [0.1, 0.15) is 5.82 Å². The zero-order chi connectivity index (χ0) is 22.8. The number of amides is 1. The molecule has 2 aromatic carbocycles. The van der Waals surface area contributed by atoms with Crippen LogP contribution >= 0.6 is 0 Å². The molecule has 0 radical (unpaired) electrons. The predicted molar refractivity (Wildman–Crippen MR) is 129 cm³/mol. The Morgan fingerprint density at radius 2 is 1.82 bits per heavy atom. The number of carbonyl (C=O) groups is 1. The average molecular weight is 441 g/mol. The van der Waals surface area contributed by atoms with E-state index in [0.29, 0.717) is 6.54 Å². The van der Waals surface area contributed by atoms with Crippen LogP contribution in [0.25, 0.3) is 16.7 Å². The fourth-order valence-corrected chi connectivity index (χ4v) is 4.50. The monoisotopic (exact) mass is 440 g/mol. The van der Waals surface area contributed by atoms with Gasteiger partial charge in [-0.3, -0.25) is 9.69 Å². The fourth-order valence-electron chi connectivity index (χ4n) is 4.50. The summed E-state index contributed by atoms with van der Waals surface area (Å²) in [4.78, 5) is 29.1. The summed E-state index contributed by atoms with van der Waals surface area (Å²) in [6, 6.07) is 15.8. The van der Waals surface area contributed by atoms with Crippen LogP contribution in [-0.2, 0) is 11.3 Å². The molecule has 1 atom stereocenters. The third-order valence-electron chi connectivity index (χ3n) is 6.33. The molecule has 4 aromatic rings. The van der Waals surface area contributed by atoms with Gasteiger partial charge in [-0.2, -0.15) is 0 Å². The lowest BCUT2D eigenvalue weighted by atomic mass is 9.96. The van der Waals surface area contributed by atoms with Gasteiger partial charge in [0.25, 0.3) is 0 Å². The van der Waals surface area contributed by atoms with E-state index in [0.717, 1.165) is 65.6 Å². The summed E-state index contributed by atoms with van der Waals surface area (Å²) >= 11 is 0. The van der Waals surface area contributed by atoms with E-state index >= 15 is 0 Å². The second-order valence-corrected chi connectivity index (χ2v) is 8.70. The third-order valence-corrected chi connectivity index (χ3v) is 6.33. The van der Waals surface area contributed by atoms with Crippen LogP contribution in [0.15, 0.2) is 60.9 Å². The second-order valence-electron chi connectivity index (χ2n) is 8.70. The summed E-state index contributed by atoms with van der Waals surface area (Å²) in [5.74, 6) is 0.969. The Labute approximate surface area is 193 Å². The lowest BCUT2D eigenvalue weighted by molar-refractivity contribution is -0.121. The van der Waals surface area contributed by atoms with Gasteiger partial charge < -0.3 is 9.88 Å². The minimum atomic E-state index is -0.0389. The smallest absolute Gasteiger partial charge is 0.228 e. The molecule has 1 aliphatic rings. The molecule has 5 rings (SSSR count). The Morgan fingerprint density at radius 1 is 1.06 bits per heavy atom. The van der Waals surface area contributed by atoms with E-state index < -0.39 is 0 Å². The van der Waals surface area contributed by atoms with Crippen molar-refractivity contribution in [3.05, 3.63) is 78.1 Å². The number of imidazole rings is 1. The number of fused-ring (bicyclic) bond motifs is 1. The van der Waals surface area contributed by atoms with Crippen molar-refractivity contribution in [2.24, 2.45) is 5.92 Å². The molecular formula is C26H28N6O. The molecular weight excluding hydrogens is 412 g/mol. The van der Waals surface area contributed by atoms with Crippen LogP contribution in [0.1, 0.15) is 30.1 Å². The summed E-state index contributed by atoms with van der Waals surface area (Å²) in [5.41, 5.74) is 5.62. The SMILES string of the molecule is Cc1nc2ccccc2nc1CN1CCCC(C(=O)Nc2ccc(-n3ccnc3C)cc2)C1. The molecule has 1 N–H and O–H groups in total. The van der Waals surface area contributed by atoms with E-state index in [2.05, 4.69) is 15.2 Å². The van der Waals surface area contributed by atoms with Crippen LogP contribution in [0.5, 0.6) is 0 Å². The molecule has 33 heavy (non-hydrogen) atoms. The number of hydrogen-bond donors (Lipinski definition) is 1. The van der Waals surface area contributed by atoms with E-state index in [1.165, 1.54) is 0 Å². The molecule has 1 unspecified atom stereocenters. The largest absolute Gasteiger partial charge is 0.326 e. The number of piperidine rings is 1. The maximum Gasteiger partial charge on any atom is 0.228 e. The molecule has 1 fully saturated rings. The van der Waals surface area contributed by atoms with Crippen molar-refractivity contribution >= 4 is 22.6 Å². The van der Waals surface area contributed by atoms with Gasteiger partial charge in [0.2, 0.25) is 5.91 Å². The number of benzene rings is 2. The summed E-state index contributed by atoms with van der Waals surface area (Å²) in [5, 5.41) is 3.10. The van der Waals surface area contributed by atoms with E-state index in [1.807, 2.05) is 73.1 Å². The Bertz CT molecular complexity index is 1280. The van der Waals surface area contributed by atoms with Gasteiger partial charge in [-0.05, 0) is 69.6 Å². The lowest BCUT2D eigenvalue weighted by Gasteiger charge is -2.32. The average Bonchev–Trinajstić information content (AvgIpc) is 3.26. The summed E-state index contributed by atoms with van der Waals surface area (Å²) < 4.78 is 2.02. The van der Waals surface area contributed by atoms with Crippen LogP contribution in [0.3, 0.4) is 0 Å². The minimum Gasteiger partial charge on any atom is -0.326 e. The standard InChI is InChI=1S/C26H28N6O/c1-18-25(30-24-8-4-3-7-23(24)28-18)17-31-14-5-6-20(16-31)26(33)29-21-9-11-22(12-10-21)32-15-13-27-19(32)2/h3-4,7-13,15,20H,5-6,14,16-17H2,1-2H3,(H,29,33). The number of nitrogens with one attached hydrogen (secondary N) is 1. The summed E-state index contributed by atoms with van der Waals surface area (Å²) in [6.45, 7) is 6.39. The first-order valence-electron chi connectivity index (χ1n) is 11.4. The zero-order valence-electron chi connectivity index (χ0n) is 19.0. The van der Waals surface area contributed by atoms with E-state index in [1.54, 1.807) is 6.20 Å². The molecule has 0 aliphatic carbocycles. The van der Waals surface area contributed by atoms with Crippen molar-refractivity contribution in [2.75, 3.05) is 18.4 Å². The number of carbonyl (C=O) groups excluding carboxylic acids is 1. The zero-order valence-corrected chi connectivity index (χ0v) is 19.0. The van der Waals surface area contributed by atoms with Crippen molar-refractivity contribution in [2.45, 2.75) is 33.2 Å². The van der Waals surface area contributed by atoms with Crippen molar-refractivity contribution in [3.63, 3.8) is 0 Å². The van der Waals surface area contributed by atoms with Crippen molar-refractivity contribution in [1.82, 2.24) is 24.4 Å². The number of likely N-dealkylation sites (tertiary alicyclic amines) is 1. The maximum absolute atomic E-state index is 13.0. The number of aryl methyl sites for hydroxylation is 2. The molecule has 3 heterocycles. The molecule has 168 valence electrons. The Kier molecular flexibility index (Phi) is 5.88. The molecule has 1 amide bonds. The highest BCUT2D eigenvalue weighted by Gasteiger charge is 2.26. The number of para-hydroxylation sites is 2. The molecule has 0 saturated carbocycles. The van der Waals surface area contributed by atoms with E-state index in [4.69, 9.17) is 9.97 Å². The van der Waals surface area contributed by atoms with Crippen molar-refractivity contribution < 1.29 is 4.79 Å². The Hall–Kier alpha value is -3.58. The molecule has 7 nitrogen and oxygen atoms in total. The van der Waals surface area contributed by atoms with Gasteiger partial charge in [0.15, 0.2) is 0 Å². The minimum absolute atomic E-state index is 0.0389. The Balaban J connectivity index is 1.23. The van der Waals surface area contributed by atoms with Crippen LogP contribution in [0.4, 0.5) is 5.69 Å². The van der Waals surface area contributed by atoms with Crippen LogP contribution in [0.2, 0.25) is 0 Å². The Morgan fingerprint density at radius 3 is 2.55 bits per heavy atom. The predicted octanol–water partition coefficient (Wildman–Crippen LogP) is 4.28. The fraction of sp³-hybridized carbons (Fsp3) is 0.308. The lowest BCUT2D eigenvalue weighted by Crippen LogP contribution is -2.40. The second kappa shape index (κ2) is 9.11. The van der Waals surface area contributed by atoms with E-state index in [-0.39, 0.29) is 11.8 Å². The van der Waals surface area contributed by atoms with Gasteiger partial charge in [-0.25, -0.2) is 15.0 Å². The molecule has 7 heteroatoms. The first-order chi connectivity index (χ1) is 16.1. The number of hydrogen-bond acceptors (Lipinski definition) is 5. The number of nitrogens with zero attached hydrogens (tertiary/aromatic N) is 5. The highest BCUT2D eigenvalue weighted by atomic mass is 16.1. The number of rotatable bonds is 5. The van der Waals surface area contributed by atoms with E-state index in [9.17, 15) is 4.79 Å². The quantitative estimate of drug-likeness (QED) is 0.501. The molecule has 0 bridgehead atoms.